The molecule has 0 radical (unpaired) electrons. The molecule has 0 aromatic heterocycles. The molecule has 0 heterocycles. The molecule has 1 atom stereocenters. The molecule has 5 heteroatoms. The minimum absolute atomic E-state index is 0.312. The van der Waals surface area contributed by atoms with Crippen molar-refractivity contribution in [3.05, 3.63) is 71.0 Å². The summed E-state index contributed by atoms with van der Waals surface area (Å²) in [6.07, 6.45) is 1.53. The van der Waals surface area contributed by atoms with Gasteiger partial charge in [0.05, 0.1) is 6.10 Å². The van der Waals surface area contributed by atoms with Gasteiger partial charge in [-0.25, -0.2) is 4.39 Å². The lowest BCUT2D eigenvalue weighted by Gasteiger charge is -2.25. The third-order valence-corrected chi connectivity index (χ3v) is 4.32. The predicted octanol–water partition coefficient (Wildman–Crippen LogP) is 2.62. The van der Waals surface area contributed by atoms with Gasteiger partial charge in [0, 0.05) is 24.7 Å². The highest BCUT2D eigenvalue weighted by Crippen LogP contribution is 2.30. The molecule has 2 aromatic rings. The van der Waals surface area contributed by atoms with E-state index in [0.717, 1.165) is 18.4 Å². The monoisotopic (exact) mass is 328 g/mol. The average Bonchev–Trinajstić information content (AvgIpc) is 3.40. The Balaban J connectivity index is 1.70. The number of aliphatic hydroxyl groups is 1. The van der Waals surface area contributed by atoms with E-state index in [1.807, 2.05) is 12.1 Å². The van der Waals surface area contributed by atoms with Crippen molar-refractivity contribution in [1.29, 1.82) is 0 Å². The predicted molar refractivity (Wildman–Crippen MR) is 89.8 cm³/mol. The number of benzene rings is 2. The number of rotatable bonds is 7. The van der Waals surface area contributed by atoms with Crippen LogP contribution in [0.15, 0.2) is 48.5 Å². The van der Waals surface area contributed by atoms with E-state index in [9.17, 15) is 14.3 Å². The molecule has 0 saturated heterocycles. The molecule has 1 aliphatic rings. The maximum Gasteiger partial charge on any atom is 0.248 e. The second kappa shape index (κ2) is 7.11. The minimum atomic E-state index is -0.675. The van der Waals surface area contributed by atoms with E-state index in [0.29, 0.717) is 30.3 Å². The van der Waals surface area contributed by atoms with Crippen molar-refractivity contribution >= 4 is 5.91 Å². The molecule has 126 valence electrons. The number of halogens is 1. The quantitative estimate of drug-likeness (QED) is 0.821. The summed E-state index contributed by atoms with van der Waals surface area (Å²) in [5.74, 6) is -0.755. The van der Waals surface area contributed by atoms with Gasteiger partial charge in [-0.1, -0.05) is 24.3 Å². The zero-order valence-electron chi connectivity index (χ0n) is 13.4. The lowest BCUT2D eigenvalue weighted by atomic mass is 10.1. The van der Waals surface area contributed by atoms with Gasteiger partial charge in [0.15, 0.2) is 0 Å². The normalized spacial score (nSPS) is 15.5. The van der Waals surface area contributed by atoms with Crippen LogP contribution in [0.1, 0.15) is 40.4 Å². The molecule has 1 saturated carbocycles. The van der Waals surface area contributed by atoms with Gasteiger partial charge in [-0.05, 0) is 48.2 Å². The topological polar surface area (TPSA) is 66.6 Å². The van der Waals surface area contributed by atoms with E-state index >= 15 is 0 Å². The molecule has 3 N–H and O–H groups in total. The maximum absolute atomic E-state index is 13.0. The smallest absolute Gasteiger partial charge is 0.248 e. The van der Waals surface area contributed by atoms with Crippen molar-refractivity contribution in [3.8, 4) is 0 Å². The molecule has 2 aromatic carbocycles. The minimum Gasteiger partial charge on any atom is -0.387 e. The zero-order chi connectivity index (χ0) is 17.1. The highest BCUT2D eigenvalue weighted by Gasteiger charge is 2.30. The summed E-state index contributed by atoms with van der Waals surface area (Å²) in [7, 11) is 0. The van der Waals surface area contributed by atoms with Crippen molar-refractivity contribution in [1.82, 2.24) is 4.90 Å². The maximum atomic E-state index is 13.0. The summed E-state index contributed by atoms with van der Waals surface area (Å²) in [4.78, 5) is 13.5. The van der Waals surface area contributed by atoms with Crippen molar-refractivity contribution in [3.63, 3.8) is 0 Å². The second-order valence-electron chi connectivity index (χ2n) is 6.29. The molecular weight excluding hydrogens is 307 g/mol. The van der Waals surface area contributed by atoms with Crippen LogP contribution in [0.3, 0.4) is 0 Å². The Labute approximate surface area is 140 Å². The Bertz CT molecular complexity index is 714. The van der Waals surface area contributed by atoms with Gasteiger partial charge in [0.2, 0.25) is 5.91 Å². The van der Waals surface area contributed by atoms with Crippen molar-refractivity contribution in [2.24, 2.45) is 5.73 Å². The van der Waals surface area contributed by atoms with Crippen LogP contribution in [0.4, 0.5) is 4.39 Å². The summed E-state index contributed by atoms with van der Waals surface area (Å²) >= 11 is 0. The van der Waals surface area contributed by atoms with E-state index in [-0.39, 0.29) is 5.82 Å². The molecule has 0 bridgehead atoms. The summed E-state index contributed by atoms with van der Waals surface area (Å²) in [6, 6.07) is 13.6. The van der Waals surface area contributed by atoms with Crippen LogP contribution in [0, 0.1) is 5.82 Å². The van der Waals surface area contributed by atoms with E-state index in [1.165, 1.54) is 12.1 Å². The van der Waals surface area contributed by atoms with E-state index in [1.54, 1.807) is 24.3 Å². The van der Waals surface area contributed by atoms with E-state index in [2.05, 4.69) is 4.90 Å². The number of hydrogen-bond donors (Lipinski definition) is 2. The van der Waals surface area contributed by atoms with Crippen LogP contribution in [0.2, 0.25) is 0 Å². The lowest BCUT2D eigenvalue weighted by molar-refractivity contribution is 0.0996. The molecule has 3 rings (SSSR count). The van der Waals surface area contributed by atoms with E-state index < -0.39 is 12.0 Å². The molecule has 0 spiro atoms. The number of nitrogens with two attached hydrogens (primary N) is 1. The highest BCUT2D eigenvalue weighted by atomic mass is 19.1. The van der Waals surface area contributed by atoms with Crippen molar-refractivity contribution in [2.75, 3.05) is 6.54 Å². The van der Waals surface area contributed by atoms with Crippen LogP contribution < -0.4 is 5.73 Å². The average molecular weight is 328 g/mol. The largest absolute Gasteiger partial charge is 0.387 e. The Kier molecular flexibility index (Phi) is 4.92. The molecule has 4 nitrogen and oxygen atoms in total. The zero-order valence-corrected chi connectivity index (χ0v) is 13.4. The van der Waals surface area contributed by atoms with Gasteiger partial charge < -0.3 is 10.8 Å². The first kappa shape index (κ1) is 16.6. The summed E-state index contributed by atoms with van der Waals surface area (Å²) in [6.45, 7) is 1.11. The third-order valence-electron chi connectivity index (χ3n) is 4.32. The first-order chi connectivity index (χ1) is 11.5. The van der Waals surface area contributed by atoms with Crippen LogP contribution in [-0.2, 0) is 6.54 Å². The van der Waals surface area contributed by atoms with Gasteiger partial charge in [0.1, 0.15) is 5.82 Å². The molecule has 0 unspecified atom stereocenters. The van der Waals surface area contributed by atoms with Crippen LogP contribution in [-0.4, -0.2) is 28.5 Å². The van der Waals surface area contributed by atoms with Gasteiger partial charge in [-0.2, -0.15) is 0 Å². The molecule has 24 heavy (non-hydrogen) atoms. The third kappa shape index (κ3) is 4.19. The number of aliphatic hydroxyl groups excluding tert-OH is 1. The van der Waals surface area contributed by atoms with Crippen LogP contribution >= 0.6 is 0 Å². The SMILES string of the molecule is NC(=O)c1cccc(CN(C[C@H](O)c2ccc(F)cc2)C2CC2)c1. The molecule has 1 amide bonds. The standard InChI is InChI=1S/C19H21FN2O2/c20-16-6-4-14(5-7-16)18(23)12-22(17-8-9-17)11-13-2-1-3-15(10-13)19(21)24/h1-7,10,17-18,23H,8-9,11-12H2,(H2,21,24)/t18-/m0/s1. The van der Waals surface area contributed by atoms with Crippen LogP contribution in [0.5, 0.6) is 0 Å². The Morgan fingerprint density at radius 1 is 1.25 bits per heavy atom. The fourth-order valence-electron chi connectivity index (χ4n) is 2.85. The molecular formula is C19H21FN2O2. The van der Waals surface area contributed by atoms with Gasteiger partial charge in [-0.15, -0.1) is 0 Å². The first-order valence-corrected chi connectivity index (χ1v) is 8.09. The van der Waals surface area contributed by atoms with Crippen LogP contribution in [0.25, 0.3) is 0 Å². The highest BCUT2D eigenvalue weighted by molar-refractivity contribution is 5.92. The summed E-state index contributed by atoms with van der Waals surface area (Å²) in [5, 5.41) is 10.4. The fraction of sp³-hybridized carbons (Fsp3) is 0.316. The number of nitrogens with zero attached hydrogens (tertiary/aromatic N) is 1. The number of carbonyl (C=O) groups is 1. The number of amides is 1. The van der Waals surface area contributed by atoms with Gasteiger partial charge in [0.25, 0.3) is 0 Å². The Morgan fingerprint density at radius 2 is 1.96 bits per heavy atom. The van der Waals surface area contributed by atoms with Gasteiger partial charge >= 0.3 is 0 Å². The Hall–Kier alpha value is -2.24. The van der Waals surface area contributed by atoms with E-state index in [4.69, 9.17) is 5.73 Å². The van der Waals surface area contributed by atoms with Crippen molar-refractivity contribution in [2.45, 2.75) is 31.5 Å². The number of carbonyl (C=O) groups excluding carboxylic acids is 1. The molecule has 1 aliphatic carbocycles. The van der Waals surface area contributed by atoms with Gasteiger partial charge in [-0.3, -0.25) is 9.69 Å². The Morgan fingerprint density at radius 3 is 2.58 bits per heavy atom. The number of primary amides is 1. The first-order valence-electron chi connectivity index (χ1n) is 8.09. The summed E-state index contributed by atoms with van der Waals surface area (Å²) < 4.78 is 13.0. The number of hydrogen-bond acceptors (Lipinski definition) is 3. The lowest BCUT2D eigenvalue weighted by Crippen LogP contribution is -2.30. The molecule has 0 aliphatic heterocycles. The fourth-order valence-corrected chi connectivity index (χ4v) is 2.85. The summed E-state index contributed by atoms with van der Waals surface area (Å²) in [5.41, 5.74) is 7.51. The second-order valence-corrected chi connectivity index (χ2v) is 6.29. The van der Waals surface area contributed by atoms with Crippen molar-refractivity contribution < 1.29 is 14.3 Å². The molecule has 1 fully saturated rings.